The van der Waals surface area contributed by atoms with Gasteiger partial charge in [0.2, 0.25) is 5.91 Å². The van der Waals surface area contributed by atoms with E-state index in [4.69, 9.17) is 9.47 Å². The molecule has 2 aliphatic heterocycles. The lowest BCUT2D eigenvalue weighted by atomic mass is 10.1. The molecule has 1 saturated heterocycles. The maximum absolute atomic E-state index is 12.0. The number of pyridine rings is 1. The van der Waals surface area contributed by atoms with E-state index in [1.807, 2.05) is 16.8 Å². The molecule has 0 saturated carbocycles. The lowest BCUT2D eigenvalue weighted by Gasteiger charge is -2.24. The van der Waals surface area contributed by atoms with Crippen molar-refractivity contribution in [2.75, 3.05) is 13.2 Å². The monoisotopic (exact) mass is 329 g/mol. The molecule has 1 N–H and O–H groups in total. The number of carbonyl (C=O) groups is 1. The van der Waals surface area contributed by atoms with Crippen LogP contribution in [0.25, 0.3) is 11.3 Å². The maximum Gasteiger partial charge on any atom is 0.249 e. The fraction of sp³-hybridized carbons (Fsp3) is 0.500. The van der Waals surface area contributed by atoms with Crippen molar-refractivity contribution in [3.05, 3.63) is 30.2 Å². The summed E-state index contributed by atoms with van der Waals surface area (Å²) < 4.78 is 13.1. The van der Waals surface area contributed by atoms with Gasteiger partial charge in [-0.05, 0) is 25.0 Å². The number of ether oxygens (including phenoxy) is 2. The molecule has 0 bridgehead atoms. The van der Waals surface area contributed by atoms with Gasteiger partial charge in [0.05, 0.1) is 24.9 Å². The highest BCUT2D eigenvalue weighted by molar-refractivity contribution is 5.80. The van der Waals surface area contributed by atoms with E-state index in [2.05, 4.69) is 20.6 Å². The number of rotatable bonds is 4. The van der Waals surface area contributed by atoms with Gasteiger partial charge in [0, 0.05) is 31.1 Å². The SMILES string of the molecule is O=C(NCC1Cn2nnc(-c3cccnc3)c2CO1)[C@H]1CCCO1. The van der Waals surface area contributed by atoms with Gasteiger partial charge in [-0.1, -0.05) is 5.21 Å². The van der Waals surface area contributed by atoms with E-state index < -0.39 is 0 Å². The van der Waals surface area contributed by atoms with Gasteiger partial charge in [-0.3, -0.25) is 9.78 Å². The third kappa shape index (κ3) is 3.02. The molecule has 126 valence electrons. The van der Waals surface area contributed by atoms with Gasteiger partial charge in [0.1, 0.15) is 11.8 Å². The van der Waals surface area contributed by atoms with E-state index in [1.54, 1.807) is 12.4 Å². The average molecular weight is 329 g/mol. The Morgan fingerprint density at radius 2 is 2.38 bits per heavy atom. The van der Waals surface area contributed by atoms with Crippen molar-refractivity contribution in [3.63, 3.8) is 0 Å². The predicted octanol–water partition coefficient (Wildman–Crippen LogP) is 0.534. The van der Waals surface area contributed by atoms with Crippen LogP contribution in [0.15, 0.2) is 24.5 Å². The molecule has 4 heterocycles. The molecule has 0 radical (unpaired) electrons. The third-order valence-electron chi connectivity index (χ3n) is 4.33. The summed E-state index contributed by atoms with van der Waals surface area (Å²) in [6.07, 6.45) is 4.79. The summed E-state index contributed by atoms with van der Waals surface area (Å²) >= 11 is 0. The van der Waals surface area contributed by atoms with Crippen molar-refractivity contribution in [3.8, 4) is 11.3 Å². The number of fused-ring (bicyclic) bond motifs is 1. The van der Waals surface area contributed by atoms with Gasteiger partial charge in [0.15, 0.2) is 0 Å². The van der Waals surface area contributed by atoms with E-state index >= 15 is 0 Å². The minimum Gasteiger partial charge on any atom is -0.368 e. The molecule has 1 unspecified atom stereocenters. The smallest absolute Gasteiger partial charge is 0.249 e. The Morgan fingerprint density at radius 3 is 3.17 bits per heavy atom. The predicted molar refractivity (Wildman–Crippen MR) is 83.8 cm³/mol. The van der Waals surface area contributed by atoms with Crippen molar-refractivity contribution in [1.29, 1.82) is 0 Å². The van der Waals surface area contributed by atoms with E-state index in [0.717, 1.165) is 29.8 Å². The molecule has 1 fully saturated rings. The zero-order valence-electron chi connectivity index (χ0n) is 13.2. The van der Waals surface area contributed by atoms with Gasteiger partial charge in [0.25, 0.3) is 0 Å². The molecular formula is C16H19N5O3. The number of amides is 1. The Morgan fingerprint density at radius 1 is 1.42 bits per heavy atom. The first-order chi connectivity index (χ1) is 11.8. The molecular weight excluding hydrogens is 310 g/mol. The van der Waals surface area contributed by atoms with E-state index in [9.17, 15) is 4.79 Å². The second kappa shape index (κ2) is 6.66. The fourth-order valence-electron chi connectivity index (χ4n) is 3.03. The first-order valence-corrected chi connectivity index (χ1v) is 8.15. The van der Waals surface area contributed by atoms with Crippen LogP contribution in [-0.2, 0) is 27.4 Å². The first kappa shape index (κ1) is 15.2. The largest absolute Gasteiger partial charge is 0.368 e. The summed E-state index contributed by atoms with van der Waals surface area (Å²) in [7, 11) is 0. The first-order valence-electron chi connectivity index (χ1n) is 8.15. The van der Waals surface area contributed by atoms with Gasteiger partial charge in [-0.25, -0.2) is 4.68 Å². The molecule has 0 aliphatic carbocycles. The summed E-state index contributed by atoms with van der Waals surface area (Å²) in [5.41, 5.74) is 2.65. The molecule has 2 aromatic heterocycles. The quantitative estimate of drug-likeness (QED) is 0.880. The van der Waals surface area contributed by atoms with Crippen LogP contribution in [0.5, 0.6) is 0 Å². The molecule has 2 aliphatic rings. The van der Waals surface area contributed by atoms with Crippen LogP contribution in [0.3, 0.4) is 0 Å². The molecule has 24 heavy (non-hydrogen) atoms. The molecule has 2 aromatic rings. The Balaban J connectivity index is 1.38. The second-order valence-corrected chi connectivity index (χ2v) is 5.99. The lowest BCUT2D eigenvalue weighted by molar-refractivity contribution is -0.131. The zero-order valence-corrected chi connectivity index (χ0v) is 13.2. The molecule has 0 spiro atoms. The summed E-state index contributed by atoms with van der Waals surface area (Å²) in [5, 5.41) is 11.4. The summed E-state index contributed by atoms with van der Waals surface area (Å²) in [5.74, 6) is -0.0588. The minimum atomic E-state index is -0.312. The number of aromatic nitrogens is 4. The van der Waals surface area contributed by atoms with Gasteiger partial charge in [-0.15, -0.1) is 5.10 Å². The van der Waals surface area contributed by atoms with Crippen LogP contribution >= 0.6 is 0 Å². The standard InChI is InChI=1S/C16H19N5O3/c22-16(14-4-2-6-23-14)18-8-12-9-21-13(10-24-12)15(19-20-21)11-3-1-5-17-7-11/h1,3,5,7,12,14H,2,4,6,8-10H2,(H,18,22)/t12?,14-/m1/s1. The number of nitrogens with one attached hydrogen (secondary N) is 1. The highest BCUT2D eigenvalue weighted by Gasteiger charge is 2.27. The number of carbonyl (C=O) groups excluding carboxylic acids is 1. The van der Waals surface area contributed by atoms with Crippen molar-refractivity contribution in [2.45, 2.75) is 38.2 Å². The Kier molecular flexibility index (Phi) is 4.22. The summed E-state index contributed by atoms with van der Waals surface area (Å²) in [4.78, 5) is 16.1. The molecule has 0 aromatic carbocycles. The minimum absolute atomic E-state index is 0.0588. The number of hydrogen-bond donors (Lipinski definition) is 1. The second-order valence-electron chi connectivity index (χ2n) is 5.99. The van der Waals surface area contributed by atoms with Gasteiger partial charge < -0.3 is 14.8 Å². The lowest BCUT2D eigenvalue weighted by Crippen LogP contribution is -2.42. The van der Waals surface area contributed by atoms with Crippen LogP contribution < -0.4 is 5.32 Å². The van der Waals surface area contributed by atoms with Gasteiger partial charge >= 0.3 is 0 Å². The Bertz CT molecular complexity index is 712. The van der Waals surface area contributed by atoms with Crippen LogP contribution in [0.2, 0.25) is 0 Å². The molecule has 2 atom stereocenters. The summed E-state index contributed by atoms with van der Waals surface area (Å²) in [6.45, 7) is 2.09. The van der Waals surface area contributed by atoms with Crippen molar-refractivity contribution in [2.24, 2.45) is 0 Å². The zero-order chi connectivity index (χ0) is 16.4. The fourth-order valence-corrected chi connectivity index (χ4v) is 3.03. The number of nitrogens with zero attached hydrogens (tertiary/aromatic N) is 4. The van der Waals surface area contributed by atoms with Crippen LogP contribution in [0.1, 0.15) is 18.5 Å². The topological polar surface area (TPSA) is 91.2 Å². The maximum atomic E-state index is 12.0. The number of hydrogen-bond acceptors (Lipinski definition) is 6. The highest BCUT2D eigenvalue weighted by atomic mass is 16.5. The normalized spacial score (nSPS) is 23.0. The molecule has 1 amide bonds. The molecule has 8 heteroatoms. The van der Waals surface area contributed by atoms with Crippen molar-refractivity contribution >= 4 is 5.91 Å². The van der Waals surface area contributed by atoms with Crippen LogP contribution in [0.4, 0.5) is 0 Å². The van der Waals surface area contributed by atoms with Crippen molar-refractivity contribution < 1.29 is 14.3 Å². The van der Waals surface area contributed by atoms with Crippen molar-refractivity contribution in [1.82, 2.24) is 25.3 Å². The van der Waals surface area contributed by atoms with Crippen LogP contribution in [-0.4, -0.2) is 51.2 Å². The van der Waals surface area contributed by atoms with E-state index in [-0.39, 0.29) is 18.1 Å². The van der Waals surface area contributed by atoms with E-state index in [0.29, 0.717) is 26.3 Å². The van der Waals surface area contributed by atoms with Crippen LogP contribution in [0, 0.1) is 0 Å². The Hall–Kier alpha value is -2.32. The molecule has 4 rings (SSSR count). The summed E-state index contributed by atoms with van der Waals surface area (Å²) in [6, 6.07) is 3.82. The highest BCUT2D eigenvalue weighted by Crippen LogP contribution is 2.24. The third-order valence-corrected chi connectivity index (χ3v) is 4.33. The van der Waals surface area contributed by atoms with E-state index in [1.165, 1.54) is 0 Å². The van der Waals surface area contributed by atoms with Gasteiger partial charge in [-0.2, -0.15) is 0 Å². The Labute approximate surface area is 139 Å². The average Bonchev–Trinajstić information content (AvgIpc) is 3.30. The molecule has 8 nitrogen and oxygen atoms in total.